The highest BCUT2D eigenvalue weighted by molar-refractivity contribution is 7.60. The summed E-state index contributed by atoms with van der Waals surface area (Å²) < 4.78 is 19.8. The van der Waals surface area contributed by atoms with Crippen molar-refractivity contribution in [2.24, 2.45) is 46.2 Å². The minimum atomic E-state index is -0.715. The molecule has 33 nitrogen and oxygen atoms in total. The van der Waals surface area contributed by atoms with Crippen LogP contribution in [-0.4, -0.2) is 254 Å². The smallest absolute Gasteiger partial charge is 0.407 e. The van der Waals surface area contributed by atoms with E-state index in [1.807, 2.05) is 13.8 Å². The van der Waals surface area contributed by atoms with E-state index in [1.54, 1.807) is 19.0 Å². The summed E-state index contributed by atoms with van der Waals surface area (Å²) in [5.41, 5.74) is 32.7. The molecular weight excluding hydrogens is 1580 g/mol. The van der Waals surface area contributed by atoms with E-state index in [0.29, 0.717) is 96.6 Å². The Bertz CT molecular complexity index is 2330. The number of likely N-dealkylation sites (N-methyl/N-ethyl adjacent to an activating group) is 2. The van der Waals surface area contributed by atoms with E-state index in [1.165, 1.54) is 28.9 Å². The molecule has 652 valence electrons. The molecule has 110 heavy (non-hydrogen) atoms. The Kier molecular flexibility index (Phi) is 96.1. The van der Waals surface area contributed by atoms with Gasteiger partial charge in [0.2, 0.25) is 59.1 Å². The molecule has 0 heterocycles. The minimum absolute atomic E-state index is 0. The summed E-state index contributed by atoms with van der Waals surface area (Å²) >= 11 is 0. The Balaban J connectivity index is -0.000000218. The third-order valence-electron chi connectivity index (χ3n) is 17.1. The van der Waals surface area contributed by atoms with Gasteiger partial charge in [-0.1, -0.05) is 39.5 Å². The summed E-state index contributed by atoms with van der Waals surface area (Å²) in [6, 6.07) is -0.856. The van der Waals surface area contributed by atoms with Gasteiger partial charge in [-0.15, -0.1) is 0 Å². The molecule has 4 atom stereocenters. The quantitative estimate of drug-likeness (QED) is 0.0302. The first-order valence-electron chi connectivity index (χ1n) is 36.4. The van der Waals surface area contributed by atoms with E-state index < -0.39 is 36.0 Å². The van der Waals surface area contributed by atoms with Gasteiger partial charge in [0, 0.05) is 182 Å². The predicted molar refractivity (Wildman–Crippen MR) is 468 cm³/mol. The number of hydrogen-bond donors (Lipinski definition) is 11. The highest BCUT2D eigenvalue weighted by Gasteiger charge is 2.24. The molecule has 0 rings (SSSR count). The molecule has 11 amide bonds. The second-order valence-electron chi connectivity index (χ2n) is 24.9. The molecule has 0 aliphatic carbocycles. The molecule has 0 aromatic rings. The van der Waals surface area contributed by atoms with Gasteiger partial charge in [0.1, 0.15) is 24.8 Å². The van der Waals surface area contributed by atoms with Gasteiger partial charge < -0.3 is 99.5 Å². The van der Waals surface area contributed by atoms with Crippen LogP contribution in [0.4, 0.5) is 4.79 Å². The third-order valence-corrected chi connectivity index (χ3v) is 17.1. The zero-order valence-corrected chi connectivity index (χ0v) is 74.2. The molecule has 0 unspecified atom stereocenters. The summed E-state index contributed by atoms with van der Waals surface area (Å²) in [5, 5.41) is 13.9. The SMILES string of the molecule is CC[C@@H](CCCCCC(=O)CCN(CCN(CCC(=O)NCCCC[C@H](NC)C(N)=O)C(=O)CCN)C(=O)CCN)C(N)=O.CC[C@@H](CCCCCC(=O)CCN(CCN(CCC(=O)NCCCC[C@H](NC)C(N)=O)C(=O)CCNC(=O)OCCOC)C(=O)CCCC(=O)OCCOC)C(N)=O.S.S.S.S.S.S.S.S. The van der Waals surface area contributed by atoms with Crippen LogP contribution in [0.25, 0.3) is 0 Å². The fourth-order valence-electron chi connectivity index (χ4n) is 10.6. The van der Waals surface area contributed by atoms with E-state index in [2.05, 4.69) is 26.6 Å². The number of rotatable bonds is 65. The van der Waals surface area contributed by atoms with Crippen molar-refractivity contribution in [3.05, 3.63) is 0 Å². The zero-order chi connectivity index (χ0) is 76.9. The number of ketones is 2. The second kappa shape index (κ2) is 83.8. The van der Waals surface area contributed by atoms with Gasteiger partial charge in [-0.25, -0.2) is 4.79 Å². The molecule has 0 bridgehead atoms. The molecule has 0 saturated carbocycles. The first-order valence-corrected chi connectivity index (χ1v) is 36.4. The number of nitrogens with zero attached hydrogens (tertiary/aromatic N) is 4. The van der Waals surface area contributed by atoms with E-state index in [0.717, 1.165) is 32.1 Å². The lowest BCUT2D eigenvalue weighted by atomic mass is 9.97. The van der Waals surface area contributed by atoms with Crippen LogP contribution < -0.4 is 61.0 Å². The molecule has 41 heteroatoms. The van der Waals surface area contributed by atoms with Crippen LogP contribution >= 0.6 is 108 Å². The maximum absolute atomic E-state index is 13.5. The number of nitrogens with one attached hydrogen (secondary N) is 5. The van der Waals surface area contributed by atoms with Gasteiger partial charge in [0.15, 0.2) is 0 Å². The number of amides is 11. The predicted octanol–water partition coefficient (Wildman–Crippen LogP) is 1.35. The average Bonchev–Trinajstić information content (AvgIpc) is 0.900. The van der Waals surface area contributed by atoms with Crippen molar-refractivity contribution in [1.82, 2.24) is 46.2 Å². The average molecular weight is 1730 g/mol. The maximum Gasteiger partial charge on any atom is 0.407 e. The van der Waals surface area contributed by atoms with Crippen molar-refractivity contribution in [1.29, 1.82) is 0 Å². The van der Waals surface area contributed by atoms with E-state index in [9.17, 15) is 67.1 Å². The maximum atomic E-state index is 13.5. The number of ether oxygens (including phenoxy) is 4. The molecule has 0 saturated heterocycles. The molecule has 0 spiro atoms. The number of methoxy groups -OCH3 is 2. The summed E-state index contributed by atoms with van der Waals surface area (Å²) in [7, 11) is 6.27. The molecule has 0 aromatic heterocycles. The van der Waals surface area contributed by atoms with Gasteiger partial charge in [-0.05, 0) is 97.6 Å². The van der Waals surface area contributed by atoms with Crippen molar-refractivity contribution in [2.75, 3.05) is 140 Å². The number of hydrogen-bond acceptors (Lipinski definition) is 22. The van der Waals surface area contributed by atoms with Crippen molar-refractivity contribution in [2.45, 2.75) is 206 Å². The van der Waals surface area contributed by atoms with Crippen LogP contribution in [0.15, 0.2) is 0 Å². The molecule has 0 aromatic carbocycles. The van der Waals surface area contributed by atoms with Gasteiger partial charge in [0.05, 0.1) is 25.3 Å². The third kappa shape index (κ3) is 68.9. The number of esters is 1. The van der Waals surface area contributed by atoms with Crippen LogP contribution in [0.5, 0.6) is 0 Å². The van der Waals surface area contributed by atoms with Crippen LogP contribution in [0, 0.1) is 11.8 Å². The largest absolute Gasteiger partial charge is 0.463 e. The molecule has 0 fully saturated rings. The van der Waals surface area contributed by atoms with E-state index in [-0.39, 0.29) is 341 Å². The Labute approximate surface area is 710 Å². The van der Waals surface area contributed by atoms with Crippen LogP contribution in [0.3, 0.4) is 0 Å². The van der Waals surface area contributed by atoms with Gasteiger partial charge in [0.25, 0.3) is 0 Å². The normalized spacial score (nSPS) is 11.2. The summed E-state index contributed by atoms with van der Waals surface area (Å²) in [4.78, 5) is 179. The van der Waals surface area contributed by atoms with Gasteiger partial charge in [-0.3, -0.25) is 62.3 Å². The highest BCUT2D eigenvalue weighted by atomic mass is 32.1. The monoisotopic (exact) mass is 1730 g/mol. The Hall–Kier alpha value is -4.66. The molecule has 0 aliphatic rings. The molecule has 0 radical (unpaired) electrons. The standard InChI is InChI=1S/C39H71N7O12.C30H58N8O6.8H2S/c1-5-30(37(40)52)12-7-6-8-13-31(47)18-22-45(34(49)15-11-16-36(51)57-28-26-55-3)24-25-46(35(50)17-21-44-39(54)58-29-27-56-4)23-19-33(48)43-20-10-9-14-32(42-2)38(41)53;1-3-23(29(33)43)9-5-4-6-10-24(39)14-19-37(27(41)12-16-31)21-22-38(28(42)13-17-32)20-15-26(40)36-18-8-7-11-25(35-2)30(34)44;;;;;;;;/h30,32,42H,5-29H2,1-4H3,(H2,40,52)(H2,41,53)(H,43,48)(H,44,54);23,25,35H,3-22,31-32H2,1-2H3,(H2,33,43)(H2,34,44)(H,36,40);8*1H2/t30-,32-;23-,25-;;;;;;;;/m00......../s1. The second-order valence-corrected chi connectivity index (χ2v) is 24.9. The fraction of sp³-hybridized carbons (Fsp3) is 0.797. The van der Waals surface area contributed by atoms with Crippen LogP contribution in [0.2, 0.25) is 0 Å². The van der Waals surface area contributed by atoms with Gasteiger partial charge >= 0.3 is 12.1 Å². The molecule has 17 N–H and O–H groups in total. The Morgan fingerprint density at radius 3 is 1.02 bits per heavy atom. The first-order chi connectivity index (χ1) is 48.8. The topological polar surface area (TPSA) is 505 Å². The van der Waals surface area contributed by atoms with E-state index in [4.69, 9.17) is 53.3 Å². The number of primary amides is 4. The highest BCUT2D eigenvalue weighted by Crippen LogP contribution is 2.17. The number of Topliss-reactive ketones (excluding diaryl/α,β-unsaturated/α-hetero) is 2. The number of unbranched alkanes of at least 4 members (excludes halogenated alkanes) is 6. The first kappa shape index (κ1) is 126. The van der Waals surface area contributed by atoms with Crippen molar-refractivity contribution >= 4 is 191 Å². The van der Waals surface area contributed by atoms with Crippen LogP contribution in [0.1, 0.15) is 194 Å². The zero-order valence-electron chi connectivity index (χ0n) is 66.2. The van der Waals surface area contributed by atoms with Crippen molar-refractivity contribution in [3.8, 4) is 0 Å². The lowest BCUT2D eigenvalue weighted by Gasteiger charge is -2.28. The fourth-order valence-corrected chi connectivity index (χ4v) is 10.6. The number of nitrogens with two attached hydrogens (primary N) is 6. The number of carbonyl (C=O) groups excluding carboxylic acids is 14. The Morgan fingerprint density at radius 2 is 0.682 bits per heavy atom. The van der Waals surface area contributed by atoms with E-state index >= 15 is 0 Å². The van der Waals surface area contributed by atoms with Crippen molar-refractivity contribution in [3.63, 3.8) is 0 Å². The summed E-state index contributed by atoms with van der Waals surface area (Å²) in [5.74, 6) is -3.84. The number of alkyl carbamates (subject to hydrolysis) is 1. The minimum Gasteiger partial charge on any atom is -0.463 e. The van der Waals surface area contributed by atoms with Gasteiger partial charge in [-0.2, -0.15) is 108 Å². The number of carbonyl (C=O) groups is 14. The summed E-state index contributed by atoms with van der Waals surface area (Å²) in [6.45, 7) is 6.55. The van der Waals surface area contributed by atoms with Crippen molar-refractivity contribution < 1.29 is 86.1 Å². The Morgan fingerprint density at radius 1 is 0.336 bits per heavy atom. The molecular formula is C69H145N15O18S8. The lowest BCUT2D eigenvalue weighted by Crippen LogP contribution is -2.44. The van der Waals surface area contributed by atoms with Crippen LogP contribution in [-0.2, 0) is 81.3 Å². The summed E-state index contributed by atoms with van der Waals surface area (Å²) in [6.07, 6.45) is 11.7. The lowest BCUT2D eigenvalue weighted by molar-refractivity contribution is -0.145. The molecule has 0 aliphatic heterocycles.